The zero-order valence-electron chi connectivity index (χ0n) is 15.2. The van der Waals surface area contributed by atoms with Crippen molar-refractivity contribution in [3.8, 4) is 17.4 Å². The molecule has 0 saturated carbocycles. The maximum atomic E-state index is 12.6. The summed E-state index contributed by atoms with van der Waals surface area (Å²) in [7, 11) is 0. The van der Waals surface area contributed by atoms with Crippen molar-refractivity contribution in [2.24, 2.45) is 0 Å². The highest BCUT2D eigenvalue weighted by Gasteiger charge is 2.20. The summed E-state index contributed by atoms with van der Waals surface area (Å²) in [4.78, 5) is 21.6. The number of fused-ring (bicyclic) bond motifs is 1. The van der Waals surface area contributed by atoms with E-state index in [4.69, 9.17) is 16.0 Å². The zero-order chi connectivity index (χ0) is 19.8. The number of hydrogen-bond donors (Lipinski definition) is 0. The minimum absolute atomic E-state index is 0.165. The Labute approximate surface area is 174 Å². The van der Waals surface area contributed by atoms with Gasteiger partial charge in [-0.1, -0.05) is 24.9 Å². The van der Waals surface area contributed by atoms with Gasteiger partial charge in [0.1, 0.15) is 5.69 Å². The van der Waals surface area contributed by atoms with Crippen LogP contribution in [0.2, 0.25) is 5.02 Å². The maximum Gasteiger partial charge on any atom is 0.347 e. The molecule has 142 valence electrons. The van der Waals surface area contributed by atoms with Crippen molar-refractivity contribution in [1.29, 1.82) is 0 Å². The smallest absolute Gasteiger partial charge is 0.347 e. The van der Waals surface area contributed by atoms with Crippen molar-refractivity contribution in [2.45, 2.75) is 26.7 Å². The highest BCUT2D eigenvalue weighted by atomic mass is 79.9. The fraction of sp³-hybridized carbons (Fsp3) is 0.200. The van der Waals surface area contributed by atoms with Crippen molar-refractivity contribution < 1.29 is 4.42 Å². The summed E-state index contributed by atoms with van der Waals surface area (Å²) in [6.45, 7) is 3.98. The van der Waals surface area contributed by atoms with Crippen LogP contribution in [0.3, 0.4) is 0 Å². The number of aromatic nitrogens is 4. The predicted octanol–water partition coefficient (Wildman–Crippen LogP) is 5.11. The molecule has 28 heavy (non-hydrogen) atoms. The van der Waals surface area contributed by atoms with Crippen molar-refractivity contribution in [2.75, 3.05) is 0 Å². The summed E-state index contributed by atoms with van der Waals surface area (Å²) < 4.78 is 7.87. The van der Waals surface area contributed by atoms with E-state index in [-0.39, 0.29) is 5.89 Å². The van der Waals surface area contributed by atoms with E-state index in [2.05, 4.69) is 37.9 Å². The van der Waals surface area contributed by atoms with Gasteiger partial charge in [-0.15, -0.1) is 0 Å². The molecular weight excluding hydrogens is 444 g/mol. The van der Waals surface area contributed by atoms with Crippen LogP contribution in [-0.4, -0.2) is 19.7 Å². The van der Waals surface area contributed by atoms with Crippen LogP contribution in [0.5, 0.6) is 0 Å². The highest BCUT2D eigenvalue weighted by molar-refractivity contribution is 9.10. The molecule has 0 amide bonds. The van der Waals surface area contributed by atoms with E-state index >= 15 is 0 Å². The first-order chi connectivity index (χ1) is 13.5. The van der Waals surface area contributed by atoms with Gasteiger partial charge in [-0.2, -0.15) is 5.10 Å². The molecule has 0 atom stereocenters. The largest absolute Gasteiger partial charge is 0.401 e. The molecule has 4 aromatic rings. The molecule has 0 bridgehead atoms. The fourth-order valence-electron chi connectivity index (χ4n) is 3.04. The number of halogens is 2. The van der Waals surface area contributed by atoms with E-state index in [9.17, 15) is 4.79 Å². The Hall–Kier alpha value is -2.51. The molecule has 0 saturated heterocycles. The van der Waals surface area contributed by atoms with E-state index in [1.165, 1.54) is 0 Å². The number of aryl methyl sites for hydroxylation is 2. The molecule has 6 nitrogen and oxygen atoms in total. The third-order valence-corrected chi connectivity index (χ3v) is 5.15. The average molecular weight is 460 g/mol. The number of nitrogens with zero attached hydrogens (tertiary/aromatic N) is 4. The van der Waals surface area contributed by atoms with Crippen molar-refractivity contribution in [3.63, 3.8) is 0 Å². The zero-order valence-corrected chi connectivity index (χ0v) is 17.6. The molecule has 0 unspecified atom stereocenters. The Morgan fingerprint density at radius 2 is 2.11 bits per heavy atom. The molecule has 0 fully saturated rings. The number of rotatable bonds is 4. The van der Waals surface area contributed by atoms with Gasteiger partial charge < -0.3 is 4.42 Å². The summed E-state index contributed by atoms with van der Waals surface area (Å²) in [5.74, 6) is 0.618. The van der Waals surface area contributed by atoms with Gasteiger partial charge >= 0.3 is 5.63 Å². The van der Waals surface area contributed by atoms with Crippen molar-refractivity contribution >= 4 is 38.4 Å². The van der Waals surface area contributed by atoms with Crippen LogP contribution >= 0.6 is 27.5 Å². The lowest BCUT2D eigenvalue weighted by molar-refractivity contribution is 0.513. The van der Waals surface area contributed by atoms with E-state index in [0.29, 0.717) is 27.4 Å². The van der Waals surface area contributed by atoms with E-state index < -0.39 is 5.63 Å². The Morgan fingerprint density at radius 3 is 2.86 bits per heavy atom. The molecular formula is C20H16BrClN4O2. The lowest BCUT2D eigenvalue weighted by Gasteiger charge is -2.08. The normalized spacial score (nSPS) is 11.3. The molecule has 0 aliphatic rings. The number of hydrogen-bond acceptors (Lipinski definition) is 5. The molecule has 0 N–H and O–H groups in total. The molecule has 0 aliphatic carbocycles. The first kappa shape index (κ1) is 18.8. The van der Waals surface area contributed by atoms with E-state index in [1.54, 1.807) is 29.1 Å². The third-order valence-electron chi connectivity index (χ3n) is 4.26. The lowest BCUT2D eigenvalue weighted by atomic mass is 10.2. The minimum Gasteiger partial charge on any atom is -0.401 e. The first-order valence-electron chi connectivity index (χ1n) is 8.79. The van der Waals surface area contributed by atoms with Crippen LogP contribution in [0.4, 0.5) is 0 Å². The Kier molecular flexibility index (Phi) is 5.03. The Morgan fingerprint density at radius 1 is 1.29 bits per heavy atom. The quantitative estimate of drug-likeness (QED) is 0.424. The molecule has 3 aromatic heterocycles. The molecule has 0 aliphatic heterocycles. The van der Waals surface area contributed by atoms with Crippen molar-refractivity contribution in [1.82, 2.24) is 19.7 Å². The van der Waals surface area contributed by atoms with Gasteiger partial charge in [0.25, 0.3) is 0 Å². The second-order valence-electron chi connectivity index (χ2n) is 6.44. The Balaban J connectivity index is 1.99. The van der Waals surface area contributed by atoms with Gasteiger partial charge in [-0.05, 0) is 65.2 Å². The maximum absolute atomic E-state index is 12.6. The van der Waals surface area contributed by atoms with Crippen LogP contribution < -0.4 is 5.63 Å². The van der Waals surface area contributed by atoms with Gasteiger partial charge in [0.15, 0.2) is 5.82 Å². The van der Waals surface area contributed by atoms with Gasteiger partial charge in [0, 0.05) is 10.7 Å². The van der Waals surface area contributed by atoms with Crippen LogP contribution in [0.25, 0.3) is 28.3 Å². The van der Waals surface area contributed by atoms with Crippen molar-refractivity contribution in [3.05, 3.63) is 67.7 Å². The molecule has 8 heteroatoms. The van der Waals surface area contributed by atoms with Crippen LogP contribution in [0.15, 0.2) is 50.2 Å². The van der Waals surface area contributed by atoms with Gasteiger partial charge in [-0.25, -0.2) is 19.4 Å². The molecule has 4 rings (SSSR count). The van der Waals surface area contributed by atoms with Gasteiger partial charge in [-0.3, -0.25) is 0 Å². The second kappa shape index (κ2) is 7.48. The number of pyridine rings is 1. The monoisotopic (exact) mass is 458 g/mol. The summed E-state index contributed by atoms with van der Waals surface area (Å²) in [5, 5.41) is 5.47. The summed E-state index contributed by atoms with van der Waals surface area (Å²) in [6, 6.07) is 9.01. The first-order valence-corrected chi connectivity index (χ1v) is 9.96. The SMILES string of the molecule is CCCc1cc(-c2nc3c(Br)cc(C)cc3c(=O)o2)n(-c2ncccc2Cl)n1. The molecule has 1 aromatic carbocycles. The summed E-state index contributed by atoms with van der Waals surface area (Å²) in [6.07, 6.45) is 3.33. The van der Waals surface area contributed by atoms with E-state index in [1.807, 2.05) is 19.1 Å². The van der Waals surface area contributed by atoms with Gasteiger partial charge in [0.2, 0.25) is 5.89 Å². The molecule has 0 radical (unpaired) electrons. The van der Waals surface area contributed by atoms with Crippen LogP contribution in [0, 0.1) is 6.92 Å². The average Bonchev–Trinajstić information content (AvgIpc) is 3.07. The predicted molar refractivity (Wildman–Crippen MR) is 112 cm³/mol. The third kappa shape index (κ3) is 3.36. The van der Waals surface area contributed by atoms with Crippen LogP contribution in [0.1, 0.15) is 24.6 Å². The second-order valence-corrected chi connectivity index (χ2v) is 7.70. The molecule has 0 spiro atoms. The minimum atomic E-state index is -0.457. The molecule has 3 heterocycles. The Bertz CT molecular complexity index is 1250. The standard InChI is InChI=1S/C20H16BrClN4O2/c1-3-5-12-10-16(26(25-12)18-15(22)6-4-7-23-18)19-24-17-13(20(27)28-19)8-11(2)9-14(17)21/h4,6-10H,3,5H2,1-2H3. The lowest BCUT2D eigenvalue weighted by Crippen LogP contribution is -2.08. The summed E-state index contributed by atoms with van der Waals surface area (Å²) >= 11 is 9.82. The summed E-state index contributed by atoms with van der Waals surface area (Å²) in [5.41, 5.74) is 2.38. The number of benzene rings is 1. The fourth-order valence-corrected chi connectivity index (χ4v) is 3.90. The van der Waals surface area contributed by atoms with Gasteiger partial charge in [0.05, 0.1) is 21.6 Å². The van der Waals surface area contributed by atoms with E-state index in [0.717, 1.165) is 28.6 Å². The topological polar surface area (TPSA) is 73.8 Å². The van der Waals surface area contributed by atoms with Crippen LogP contribution in [-0.2, 0) is 6.42 Å². The highest BCUT2D eigenvalue weighted by Crippen LogP contribution is 2.28.